The number of ether oxygens (including phenoxy) is 2. The van der Waals surface area contributed by atoms with Crippen LogP contribution in [0.15, 0.2) is 192 Å². The molecule has 0 unspecified atom stereocenters. The number of halogens is 1. The first-order valence-electron chi connectivity index (χ1n) is 38.2. The summed E-state index contributed by atoms with van der Waals surface area (Å²) in [4.78, 5) is 120. The van der Waals surface area contributed by atoms with Crippen molar-refractivity contribution < 1.29 is 57.9 Å². The number of ketones is 6. The minimum absolute atomic E-state index is 0.0132. The van der Waals surface area contributed by atoms with E-state index in [0.717, 1.165) is 66.7 Å². The molecule has 126 heavy (non-hydrogen) atoms. The third-order valence-electron chi connectivity index (χ3n) is 16.2. The van der Waals surface area contributed by atoms with Gasteiger partial charge in [-0.05, 0) is 161 Å². The third-order valence-corrected chi connectivity index (χ3v) is 23.6. The van der Waals surface area contributed by atoms with Gasteiger partial charge in [-0.25, -0.2) is 19.9 Å². The maximum Gasteiger partial charge on any atom is 0.270 e. The highest BCUT2D eigenvalue weighted by Crippen LogP contribution is 2.35. The first-order valence-corrected chi connectivity index (χ1v) is 45.7. The highest BCUT2D eigenvalue weighted by molar-refractivity contribution is 8.14. The second kappa shape index (κ2) is 50.4. The van der Waals surface area contributed by atoms with Crippen LogP contribution in [-0.2, 0) is 35.3 Å². The van der Waals surface area contributed by atoms with Crippen LogP contribution in [0.2, 0.25) is 5.02 Å². The molecule has 0 atom stereocenters. The number of non-ortho nitro benzene ring substituents is 1. The highest BCUT2D eigenvalue weighted by Gasteiger charge is 2.23. The number of nitro groups is 1. The average molecular weight is 1860 g/mol. The van der Waals surface area contributed by atoms with Crippen LogP contribution in [0.4, 0.5) is 17.1 Å². The first kappa shape index (κ1) is 99.7. The van der Waals surface area contributed by atoms with Crippen LogP contribution in [0.3, 0.4) is 0 Å². The van der Waals surface area contributed by atoms with Crippen molar-refractivity contribution in [2.45, 2.75) is 113 Å². The monoisotopic (exact) mass is 1860 g/mol. The van der Waals surface area contributed by atoms with Crippen molar-refractivity contribution in [1.82, 2.24) is 65.6 Å². The molecule has 41 heteroatoms. The van der Waals surface area contributed by atoms with Gasteiger partial charge in [-0.1, -0.05) is 125 Å². The van der Waals surface area contributed by atoms with Gasteiger partial charge in [-0.15, -0.1) is 65.9 Å². The summed E-state index contributed by atoms with van der Waals surface area (Å²) in [6.07, 6.45) is 3.84. The van der Waals surface area contributed by atoms with Crippen molar-refractivity contribution in [3.05, 3.63) is 194 Å². The van der Waals surface area contributed by atoms with E-state index in [0.29, 0.717) is 130 Å². The number of nitrogens with one attached hydrogen (secondary N) is 5. The smallest absolute Gasteiger partial charge is 0.270 e. The lowest BCUT2D eigenvalue weighted by Gasteiger charge is -2.13. The number of phenols is 1. The minimum atomic E-state index is -0.495. The number of hydrogen-bond acceptors (Lipinski definition) is 34. The summed E-state index contributed by atoms with van der Waals surface area (Å²) in [7, 11) is 5.55. The second-order valence-corrected chi connectivity index (χ2v) is 34.9. The molecule has 2 aliphatic rings. The molecular formula is C85H91ClN20O13S7. The molecule has 0 radical (unpaired) electrons. The number of amides is 1. The Labute approximate surface area is 761 Å². The number of hydrogen-bond donors (Lipinski definition) is 7. The number of aromatic nitrogens is 12. The van der Waals surface area contributed by atoms with E-state index in [-0.39, 0.29) is 69.5 Å². The van der Waals surface area contributed by atoms with Gasteiger partial charge in [0, 0.05) is 69.8 Å². The number of phenolic OH excluding ortho intramolecular Hbond substituents is 1. The molecule has 0 saturated carbocycles. The molecule has 658 valence electrons. The van der Waals surface area contributed by atoms with E-state index in [1.54, 1.807) is 87.1 Å². The minimum Gasteiger partial charge on any atom is -0.507 e. The zero-order valence-corrected chi connectivity index (χ0v) is 77.3. The predicted molar refractivity (Wildman–Crippen MR) is 503 cm³/mol. The van der Waals surface area contributed by atoms with E-state index >= 15 is 0 Å². The Bertz CT molecular complexity index is 5820. The SMILES string of the molecule is CC(=O)CSC1=NN=C(c2cc(C)cc(C=O)c2O)C1.CC(=O)CSC1=NN=C(c2ccc(OC(C)C)c(N)c2)C1.CC(=O)CSc1n[nH]c(-c2ccc(CN(C)C)cc2)n1.CC(=O)CSc1n[nH]c(-c2cccc(C(=O)Nc3ccccc3Cl)c2)n1.COc1ccc([N+](=O)[O-])cc1-c1nc(SCC(C)=O)n[nH]1.CSc1ccccc1-c1nc(SCC(C)=O)n[nH]1. The van der Waals surface area contributed by atoms with Crippen LogP contribution in [0.25, 0.3) is 45.6 Å². The molecule has 2 aliphatic heterocycles. The molecule has 0 spiro atoms. The number of carbonyl (C=O) groups is 8. The Hall–Kier alpha value is -11.8. The lowest BCUT2D eigenvalue weighted by atomic mass is 10.0. The number of aromatic hydroxyl groups is 1. The molecule has 0 saturated heterocycles. The number of H-pyrrole nitrogens is 4. The average Bonchev–Trinajstić information content (AvgIpc) is 1.56. The third kappa shape index (κ3) is 32.7. The van der Waals surface area contributed by atoms with Gasteiger partial charge in [0.1, 0.15) is 62.0 Å². The summed E-state index contributed by atoms with van der Waals surface area (Å²) in [6, 6.07) is 43.5. The normalized spacial score (nSPS) is 11.7. The molecule has 33 nitrogen and oxygen atoms in total. The lowest BCUT2D eigenvalue weighted by molar-refractivity contribution is -0.384. The van der Waals surface area contributed by atoms with E-state index in [9.17, 15) is 53.6 Å². The van der Waals surface area contributed by atoms with E-state index in [2.05, 4.69) is 103 Å². The Kier molecular flexibility index (Phi) is 39.9. The van der Waals surface area contributed by atoms with Gasteiger partial charge in [-0.3, -0.25) is 68.9 Å². The van der Waals surface area contributed by atoms with Gasteiger partial charge >= 0.3 is 0 Å². The van der Waals surface area contributed by atoms with Crippen LogP contribution in [0.1, 0.15) is 111 Å². The lowest BCUT2D eigenvalue weighted by Crippen LogP contribution is -2.12. The molecule has 1 amide bonds. The molecule has 0 aliphatic carbocycles. The Morgan fingerprint density at radius 3 is 1.56 bits per heavy atom. The van der Waals surface area contributed by atoms with E-state index in [1.807, 2.05) is 102 Å². The number of Topliss-reactive ketones (excluding diaryl/α,β-unsaturated/α-hetero) is 6. The second-order valence-electron chi connectivity index (χ2n) is 27.8. The number of rotatable bonds is 32. The number of anilines is 2. The molecule has 11 aromatic rings. The number of para-hydroxylation sites is 1. The van der Waals surface area contributed by atoms with Crippen LogP contribution >= 0.6 is 93.9 Å². The molecule has 6 heterocycles. The molecule has 7 aromatic carbocycles. The van der Waals surface area contributed by atoms with Crippen molar-refractivity contribution in [2.75, 3.05) is 73.0 Å². The van der Waals surface area contributed by atoms with Gasteiger partial charge in [-0.2, -0.15) is 10.2 Å². The molecular weight excluding hydrogens is 1770 g/mol. The summed E-state index contributed by atoms with van der Waals surface area (Å²) in [6.45, 7) is 15.9. The molecule has 8 N–H and O–H groups in total. The first-order chi connectivity index (χ1) is 60.2. The number of benzene rings is 7. The Morgan fingerprint density at radius 1 is 0.563 bits per heavy atom. The van der Waals surface area contributed by atoms with Crippen LogP contribution in [-0.4, -0.2) is 212 Å². The fourth-order valence-corrected chi connectivity index (χ4v) is 15.2. The van der Waals surface area contributed by atoms with E-state index < -0.39 is 4.92 Å². The number of carbonyl (C=O) groups excluding carboxylic acids is 8. The highest BCUT2D eigenvalue weighted by atomic mass is 35.5. The van der Waals surface area contributed by atoms with Crippen LogP contribution < -0.4 is 20.5 Å². The van der Waals surface area contributed by atoms with Crippen molar-refractivity contribution >= 4 is 179 Å². The Morgan fingerprint density at radius 2 is 1.05 bits per heavy atom. The van der Waals surface area contributed by atoms with E-state index in [1.165, 1.54) is 122 Å². The van der Waals surface area contributed by atoms with Crippen molar-refractivity contribution in [3.8, 4) is 62.8 Å². The number of aldehydes is 1. The molecule has 13 rings (SSSR count). The number of methoxy groups -OCH3 is 1. The van der Waals surface area contributed by atoms with Gasteiger partial charge in [0.15, 0.2) is 29.6 Å². The zero-order chi connectivity index (χ0) is 91.5. The maximum absolute atomic E-state index is 12.5. The number of aromatic amines is 4. The van der Waals surface area contributed by atoms with Crippen molar-refractivity contribution in [3.63, 3.8) is 0 Å². The standard InChI is InChI=1S/C18H15ClN4O2S.C15H19N3O2S.C14H18N4OS.C14H14N2O3S.C12H12N4O4S.C12H13N3OS2/c1-11(24)10-26-18-21-16(22-23-18)12-5-4-6-13(9-12)17(25)20-15-8-3-2-7-14(15)19;1-9(2)20-14-5-4-11(6-12(14)16)13-7-15(18-17-13)21-8-10(3)19;1-10(19)9-20-14-15-13(16-17-14)12-6-4-11(5-7-12)8-18(2)3;1-8-3-10(6-17)14(19)11(4-8)12-5-13(16-15-12)20-7-9(2)18;1-7(17)6-21-12-13-11(14-15-12)9-5-8(16(18)19)3-4-10(9)20-2;1-8(16)7-18-12-13-11(14-15-12)9-5-3-4-6-10(9)17-2/h2-9H,10H2,1H3,(H,20,25)(H,21,22,23);4-6,9H,7-8,16H2,1-3H3;4-7H,8-9H2,1-3H3,(H,15,16,17);3-4,6,19H,5,7H2,1-2H3;3-5H,6H2,1-2H3,(H,13,14,15);3-6H,7H2,1-2H3,(H,13,14,15). The summed E-state index contributed by atoms with van der Waals surface area (Å²) in [5, 5.41) is 71.8. The number of aryl methyl sites for hydroxylation is 1. The largest absolute Gasteiger partial charge is 0.507 e. The number of nitrogens with two attached hydrogens (primary N) is 1. The summed E-state index contributed by atoms with van der Waals surface area (Å²) < 4.78 is 10.8. The summed E-state index contributed by atoms with van der Waals surface area (Å²) in [5.74, 6) is 5.84. The number of thioether (sulfide) groups is 7. The molecule has 4 aromatic heterocycles. The van der Waals surface area contributed by atoms with Gasteiger partial charge in [0.25, 0.3) is 11.6 Å². The predicted octanol–water partition coefficient (Wildman–Crippen LogP) is 16.4. The summed E-state index contributed by atoms with van der Waals surface area (Å²) in [5.41, 5.74) is 16.0. The fraction of sp³-hybridized carbons (Fsp3) is 0.271. The topological polar surface area (TPSA) is 475 Å². The van der Waals surface area contributed by atoms with Gasteiger partial charge in [0.2, 0.25) is 20.6 Å². The quantitative estimate of drug-likeness (QED) is 0.00677. The molecule has 0 bridgehead atoms. The number of nitrogens with zero attached hydrogens (tertiary/aromatic N) is 14. The molecule has 0 fully saturated rings. The maximum atomic E-state index is 12.5. The van der Waals surface area contributed by atoms with Crippen LogP contribution in [0, 0.1) is 17.0 Å². The fourth-order valence-electron chi connectivity index (χ4n) is 10.6. The van der Waals surface area contributed by atoms with Gasteiger partial charge in [0.05, 0.1) is 91.6 Å². The summed E-state index contributed by atoms with van der Waals surface area (Å²) >= 11 is 15.7. The number of nitrogen functional groups attached to an aromatic ring is 1. The zero-order valence-electron chi connectivity index (χ0n) is 70.8. The number of nitro benzene ring substituents is 1. The van der Waals surface area contributed by atoms with Crippen molar-refractivity contribution in [1.29, 1.82) is 0 Å². The van der Waals surface area contributed by atoms with Gasteiger partial charge < -0.3 is 30.5 Å². The van der Waals surface area contributed by atoms with Crippen molar-refractivity contribution in [2.24, 2.45) is 20.4 Å². The van der Waals surface area contributed by atoms with Crippen LogP contribution in [0.5, 0.6) is 17.2 Å². The Balaban J connectivity index is 0.000000188. The van der Waals surface area contributed by atoms with E-state index in [4.69, 9.17) is 26.8 Å².